The number of nitrogens with one attached hydrogen (secondary N) is 1. The third-order valence-electron chi connectivity index (χ3n) is 5.41. The van der Waals surface area contributed by atoms with Gasteiger partial charge in [-0.1, -0.05) is 64.5 Å². The van der Waals surface area contributed by atoms with Crippen molar-refractivity contribution in [1.29, 1.82) is 0 Å². The molecule has 7 nitrogen and oxygen atoms in total. The van der Waals surface area contributed by atoms with Gasteiger partial charge < -0.3 is 5.32 Å². The molecule has 0 spiro atoms. The van der Waals surface area contributed by atoms with Crippen LogP contribution < -0.4 is 9.03 Å². The third kappa shape index (κ3) is 5.70. The van der Waals surface area contributed by atoms with Crippen LogP contribution in [0.15, 0.2) is 117 Å². The van der Waals surface area contributed by atoms with E-state index < -0.39 is 64.4 Å². The van der Waals surface area contributed by atoms with Crippen molar-refractivity contribution in [2.75, 3.05) is 9.03 Å². The van der Waals surface area contributed by atoms with Gasteiger partial charge in [0.1, 0.15) is 11.5 Å². The topological polar surface area (TPSA) is 101 Å². The van der Waals surface area contributed by atoms with E-state index in [9.17, 15) is 30.4 Å². The molecule has 4 aromatic carbocycles. The minimum Gasteiger partial charge on any atom is -0.320 e. The normalized spacial score (nSPS) is 12.1. The van der Waals surface area contributed by atoms with Crippen LogP contribution >= 0.6 is 15.9 Å². The second-order valence-corrected chi connectivity index (χ2v) is 12.8. The highest BCUT2D eigenvalue weighted by Crippen LogP contribution is 2.36. The number of benzene rings is 4. The van der Waals surface area contributed by atoms with Crippen LogP contribution in [-0.4, -0.2) is 22.7 Å². The summed E-state index contributed by atoms with van der Waals surface area (Å²) in [6, 6.07) is 19.7. The van der Waals surface area contributed by atoms with Crippen molar-refractivity contribution in [3.8, 4) is 0 Å². The molecule has 1 amide bonds. The first-order chi connectivity index (χ1) is 18.3. The van der Waals surface area contributed by atoms with E-state index in [-0.39, 0.29) is 3.71 Å². The first-order valence-electron chi connectivity index (χ1n) is 11.0. The molecule has 4 aromatic rings. The second kappa shape index (κ2) is 10.8. The molecular weight excluding hydrogens is 621 g/mol. The van der Waals surface area contributed by atoms with Gasteiger partial charge in [0.05, 0.1) is 9.79 Å². The fraction of sp³-hybridized carbons (Fsp3) is 0.0385. The highest BCUT2D eigenvalue weighted by Gasteiger charge is 2.42. The molecule has 0 saturated heterocycles. The van der Waals surface area contributed by atoms with Crippen molar-refractivity contribution >= 4 is 53.3 Å². The van der Waals surface area contributed by atoms with Gasteiger partial charge >= 0.3 is 5.92 Å². The summed E-state index contributed by atoms with van der Waals surface area (Å²) in [5.74, 6) is -7.13. The van der Waals surface area contributed by atoms with E-state index in [1.54, 1.807) is 0 Å². The number of carbonyl (C=O) groups excluding carboxylic acids is 1. The van der Waals surface area contributed by atoms with Crippen LogP contribution in [-0.2, 0) is 30.8 Å². The van der Waals surface area contributed by atoms with Crippen LogP contribution in [0.1, 0.15) is 5.56 Å². The first kappa shape index (κ1) is 28.3. The van der Waals surface area contributed by atoms with Crippen LogP contribution in [0.3, 0.4) is 0 Å². The highest BCUT2D eigenvalue weighted by molar-refractivity contribution is 9.10. The highest BCUT2D eigenvalue weighted by atomic mass is 79.9. The second-order valence-electron chi connectivity index (χ2n) is 8.03. The molecule has 4 rings (SSSR count). The molecule has 202 valence electrons. The van der Waals surface area contributed by atoms with Gasteiger partial charge in [-0.3, -0.25) is 4.79 Å². The van der Waals surface area contributed by atoms with Gasteiger partial charge in [0.2, 0.25) is 0 Å². The summed E-state index contributed by atoms with van der Waals surface area (Å²) in [5.41, 5.74) is -2.11. The average Bonchev–Trinajstić information content (AvgIpc) is 2.91. The lowest BCUT2D eigenvalue weighted by atomic mass is 10.1. The minimum absolute atomic E-state index is 0.122. The number of carbonyl (C=O) groups is 1. The van der Waals surface area contributed by atoms with E-state index in [0.29, 0.717) is 16.6 Å². The zero-order valence-corrected chi connectivity index (χ0v) is 22.9. The molecule has 0 fully saturated rings. The zero-order valence-electron chi connectivity index (χ0n) is 19.6. The van der Waals surface area contributed by atoms with Crippen molar-refractivity contribution in [2.24, 2.45) is 0 Å². The van der Waals surface area contributed by atoms with E-state index in [1.165, 1.54) is 48.5 Å². The molecule has 0 radical (unpaired) electrons. The zero-order chi connectivity index (χ0) is 28.4. The monoisotopic (exact) mass is 638 g/mol. The summed E-state index contributed by atoms with van der Waals surface area (Å²) in [6.07, 6.45) is 0. The smallest absolute Gasteiger partial charge is 0.320 e. The third-order valence-corrected chi connectivity index (χ3v) is 10.1. The Hall–Kier alpha value is -3.68. The molecule has 13 heteroatoms. The van der Waals surface area contributed by atoms with Crippen LogP contribution in [0.4, 0.5) is 24.5 Å². The standard InChI is InChI=1S/C26H18BrF3N2O5S2/c27-19-13-11-18(12-14-19)26(29,30)25(33)31-20-15-16-23(28)24(17-20)32(38(34,35)21-7-3-1-4-8-21)39(36,37)22-9-5-2-6-10-22/h1-17H,(H,31,33). The minimum atomic E-state index is -4.96. The number of anilines is 2. The molecule has 0 aliphatic rings. The molecule has 0 aliphatic heterocycles. The van der Waals surface area contributed by atoms with Crippen molar-refractivity contribution in [3.05, 3.63) is 119 Å². The van der Waals surface area contributed by atoms with E-state index in [4.69, 9.17) is 0 Å². The Labute approximate surface area is 231 Å². The van der Waals surface area contributed by atoms with Crippen LogP contribution in [0.5, 0.6) is 0 Å². The Morgan fingerprint density at radius 1 is 0.744 bits per heavy atom. The van der Waals surface area contributed by atoms with Gasteiger partial charge in [0, 0.05) is 15.7 Å². The number of halogens is 4. The van der Waals surface area contributed by atoms with Gasteiger partial charge in [-0.05, 0) is 54.6 Å². The van der Waals surface area contributed by atoms with E-state index >= 15 is 4.39 Å². The predicted octanol–water partition coefficient (Wildman–Crippen LogP) is 5.90. The summed E-state index contributed by atoms with van der Waals surface area (Å²) in [4.78, 5) is 11.6. The van der Waals surface area contributed by atoms with Crippen LogP contribution in [0, 0.1) is 5.82 Å². The van der Waals surface area contributed by atoms with Crippen molar-refractivity contribution < 1.29 is 34.8 Å². The first-order valence-corrected chi connectivity index (χ1v) is 14.7. The Kier molecular flexibility index (Phi) is 7.87. The summed E-state index contributed by atoms with van der Waals surface area (Å²) in [6.45, 7) is 0. The molecule has 0 atom stereocenters. The molecule has 0 aromatic heterocycles. The predicted molar refractivity (Wildman–Crippen MR) is 143 cm³/mol. The Morgan fingerprint density at radius 3 is 1.72 bits per heavy atom. The molecule has 1 N–H and O–H groups in total. The van der Waals surface area contributed by atoms with Gasteiger partial charge in [-0.25, -0.2) is 21.2 Å². The van der Waals surface area contributed by atoms with Crippen LogP contribution in [0.2, 0.25) is 0 Å². The molecule has 0 bridgehead atoms. The molecule has 39 heavy (non-hydrogen) atoms. The number of hydrogen-bond donors (Lipinski definition) is 1. The van der Waals surface area contributed by atoms with Crippen molar-refractivity contribution in [2.45, 2.75) is 15.7 Å². The lowest BCUT2D eigenvalue weighted by Crippen LogP contribution is -2.38. The maximum absolute atomic E-state index is 15.2. The molecule has 0 heterocycles. The molecule has 0 saturated carbocycles. The summed E-state index contributed by atoms with van der Waals surface area (Å²) < 4.78 is 99.5. The van der Waals surface area contributed by atoms with Gasteiger partial charge in [-0.15, -0.1) is 0 Å². The number of nitrogens with zero attached hydrogens (tertiary/aromatic N) is 1. The Bertz CT molecular complexity index is 1650. The maximum atomic E-state index is 15.2. The Balaban J connectivity index is 1.82. The van der Waals surface area contributed by atoms with E-state index in [2.05, 4.69) is 15.9 Å². The molecule has 0 aliphatic carbocycles. The number of rotatable bonds is 8. The summed E-state index contributed by atoms with van der Waals surface area (Å²) >= 11 is 3.11. The fourth-order valence-electron chi connectivity index (χ4n) is 3.49. The largest absolute Gasteiger partial charge is 0.350 e. The number of amides is 1. The van der Waals surface area contributed by atoms with Crippen LogP contribution in [0.25, 0.3) is 0 Å². The van der Waals surface area contributed by atoms with E-state index in [0.717, 1.165) is 42.5 Å². The fourth-order valence-corrected chi connectivity index (χ4v) is 7.49. The van der Waals surface area contributed by atoms with Gasteiger partial charge in [-0.2, -0.15) is 12.5 Å². The Morgan fingerprint density at radius 2 is 1.23 bits per heavy atom. The quantitative estimate of drug-likeness (QED) is 0.259. The summed E-state index contributed by atoms with van der Waals surface area (Å²) in [5, 5.41) is 1.92. The molecular formula is C26H18BrF3N2O5S2. The SMILES string of the molecule is O=C(Nc1ccc(F)c(N(S(=O)(=O)c2ccccc2)S(=O)(=O)c2ccccc2)c1)C(F)(F)c1ccc(Br)cc1. The van der Waals surface area contributed by atoms with Gasteiger partial charge in [0.15, 0.2) is 0 Å². The van der Waals surface area contributed by atoms with Crippen molar-refractivity contribution in [1.82, 2.24) is 0 Å². The number of alkyl halides is 2. The molecule has 0 unspecified atom stereocenters. The van der Waals surface area contributed by atoms with E-state index in [1.807, 2.05) is 5.32 Å². The number of sulfonamides is 2. The number of hydrogen-bond acceptors (Lipinski definition) is 5. The van der Waals surface area contributed by atoms with Crippen molar-refractivity contribution in [3.63, 3.8) is 0 Å². The maximum Gasteiger partial charge on any atom is 0.350 e. The lowest BCUT2D eigenvalue weighted by Gasteiger charge is -2.25. The van der Waals surface area contributed by atoms with Gasteiger partial charge in [0.25, 0.3) is 26.0 Å². The average molecular weight is 639 g/mol. The lowest BCUT2D eigenvalue weighted by molar-refractivity contribution is -0.140. The summed E-state index contributed by atoms with van der Waals surface area (Å²) in [7, 11) is -9.93.